The molecule has 1 aliphatic rings. The Morgan fingerprint density at radius 1 is 1.17 bits per heavy atom. The van der Waals surface area contributed by atoms with Crippen molar-refractivity contribution in [2.24, 2.45) is 0 Å². The Kier molecular flexibility index (Phi) is 7.87. The summed E-state index contributed by atoms with van der Waals surface area (Å²) in [5, 5.41) is 14.3. The molecule has 0 bridgehead atoms. The van der Waals surface area contributed by atoms with Crippen LogP contribution in [-0.2, 0) is 4.74 Å². The monoisotopic (exact) mass is 580 g/mol. The molecule has 1 saturated heterocycles. The van der Waals surface area contributed by atoms with E-state index in [9.17, 15) is 14.7 Å². The van der Waals surface area contributed by atoms with Gasteiger partial charge in [-0.2, -0.15) is 4.98 Å². The van der Waals surface area contributed by atoms with Gasteiger partial charge in [0.15, 0.2) is 5.65 Å². The maximum absolute atomic E-state index is 12.9. The van der Waals surface area contributed by atoms with Gasteiger partial charge in [0.25, 0.3) is 5.56 Å². The van der Waals surface area contributed by atoms with E-state index in [-0.39, 0.29) is 23.8 Å². The molecule has 1 fully saturated rings. The maximum Gasteiger partial charge on any atom is 0.410 e. The molecule has 4 aromatic rings. The van der Waals surface area contributed by atoms with E-state index in [1.165, 1.54) is 6.20 Å². The lowest BCUT2D eigenvalue weighted by molar-refractivity contribution is 0.0240. The van der Waals surface area contributed by atoms with Crippen LogP contribution in [0, 0.1) is 6.92 Å². The van der Waals surface area contributed by atoms with Crippen LogP contribution in [-0.4, -0.2) is 79.3 Å². The maximum atomic E-state index is 12.9. The third-order valence-electron chi connectivity index (χ3n) is 6.64. The summed E-state index contributed by atoms with van der Waals surface area (Å²) in [5.74, 6) is 0.838. The number of benzene rings is 1. The van der Waals surface area contributed by atoms with Crippen LogP contribution in [0.1, 0.15) is 38.1 Å². The normalized spacial score (nSPS) is 14.8. The highest BCUT2D eigenvalue weighted by molar-refractivity contribution is 6.30. The van der Waals surface area contributed by atoms with Gasteiger partial charge in [-0.25, -0.2) is 14.8 Å². The number of pyridine rings is 1. The summed E-state index contributed by atoms with van der Waals surface area (Å²) in [5.41, 5.74) is 2.23. The number of aromatic nitrogens is 5. The van der Waals surface area contributed by atoms with Crippen molar-refractivity contribution >= 4 is 40.5 Å². The molecule has 0 saturated carbocycles. The Morgan fingerprint density at radius 2 is 1.93 bits per heavy atom. The van der Waals surface area contributed by atoms with E-state index in [4.69, 9.17) is 21.3 Å². The molecule has 1 aliphatic heterocycles. The number of imidazole rings is 1. The molecule has 0 spiro atoms. The molecule has 0 radical (unpaired) electrons. The molecule has 12 nitrogen and oxygen atoms in total. The van der Waals surface area contributed by atoms with Crippen molar-refractivity contribution < 1.29 is 14.6 Å². The highest BCUT2D eigenvalue weighted by Gasteiger charge is 2.27. The van der Waals surface area contributed by atoms with Gasteiger partial charge in [-0.3, -0.25) is 4.79 Å². The van der Waals surface area contributed by atoms with Gasteiger partial charge in [0.1, 0.15) is 22.5 Å². The minimum atomic E-state index is -0.844. The minimum Gasteiger partial charge on any atom is -0.444 e. The molecule has 13 heteroatoms. The van der Waals surface area contributed by atoms with Gasteiger partial charge in [0.2, 0.25) is 5.95 Å². The van der Waals surface area contributed by atoms with Crippen molar-refractivity contribution in [1.29, 1.82) is 0 Å². The number of aromatic amines is 2. The van der Waals surface area contributed by atoms with E-state index in [0.717, 1.165) is 0 Å². The molecule has 41 heavy (non-hydrogen) atoms. The summed E-state index contributed by atoms with van der Waals surface area (Å²) in [7, 11) is 0. The number of aliphatic hydroxyl groups is 1. The first-order valence-electron chi connectivity index (χ1n) is 13.3. The first-order chi connectivity index (χ1) is 19.5. The number of carbonyl (C=O) groups excluding carboxylic acids is 1. The van der Waals surface area contributed by atoms with E-state index < -0.39 is 11.7 Å². The second kappa shape index (κ2) is 11.4. The topological polar surface area (TPSA) is 152 Å². The zero-order valence-corrected chi connectivity index (χ0v) is 24.1. The molecular formula is C28H33ClN8O4. The summed E-state index contributed by atoms with van der Waals surface area (Å²) in [6.07, 6.45) is 0.353. The molecule has 1 aromatic carbocycles. The third-order valence-corrected chi connectivity index (χ3v) is 6.87. The van der Waals surface area contributed by atoms with Crippen LogP contribution >= 0.6 is 11.6 Å². The van der Waals surface area contributed by atoms with Gasteiger partial charge in [-0.15, -0.1) is 0 Å². The summed E-state index contributed by atoms with van der Waals surface area (Å²) < 4.78 is 5.49. The number of rotatable bonds is 6. The molecule has 3 aromatic heterocycles. The molecule has 0 aliphatic carbocycles. The Balaban J connectivity index is 1.35. The number of ether oxygens (including phenoxy) is 1. The van der Waals surface area contributed by atoms with Crippen molar-refractivity contribution in [3.05, 3.63) is 63.2 Å². The van der Waals surface area contributed by atoms with Crippen molar-refractivity contribution in [3.63, 3.8) is 0 Å². The fraction of sp³-hybridized carbons (Fsp3) is 0.393. The zero-order chi connectivity index (χ0) is 29.3. The number of fused-ring (bicyclic) bond motifs is 1. The van der Waals surface area contributed by atoms with Gasteiger partial charge in [-0.05, 0) is 51.5 Å². The SMILES string of the molecule is Cc1nc(N2CCN(C(=O)OC(C)(C)C)CC2)nc2[nH]c(-c3c(NC[C@H](O)c4cccc(Cl)c4)cc[nH]c3=O)nc12. The van der Waals surface area contributed by atoms with E-state index in [1.54, 1.807) is 35.2 Å². The average Bonchev–Trinajstić information content (AvgIpc) is 3.35. The van der Waals surface area contributed by atoms with Crippen LogP contribution in [0.4, 0.5) is 16.4 Å². The number of aryl methyl sites for hydroxylation is 1. The Bertz CT molecular complexity index is 1620. The first kappa shape index (κ1) is 28.4. The van der Waals surface area contributed by atoms with Gasteiger partial charge < -0.3 is 34.9 Å². The lowest BCUT2D eigenvalue weighted by atomic mass is 10.1. The van der Waals surface area contributed by atoms with Gasteiger partial charge in [0, 0.05) is 43.9 Å². The first-order valence-corrected chi connectivity index (χ1v) is 13.7. The number of aliphatic hydroxyl groups excluding tert-OH is 1. The summed E-state index contributed by atoms with van der Waals surface area (Å²) in [6.45, 7) is 9.59. The summed E-state index contributed by atoms with van der Waals surface area (Å²) in [6, 6.07) is 8.70. The zero-order valence-electron chi connectivity index (χ0n) is 23.4. The fourth-order valence-corrected chi connectivity index (χ4v) is 4.80. The number of hydrogen-bond acceptors (Lipinski definition) is 9. The second-order valence-electron chi connectivity index (χ2n) is 10.9. The van der Waals surface area contributed by atoms with E-state index in [0.29, 0.717) is 71.1 Å². The van der Waals surface area contributed by atoms with Crippen LogP contribution in [0.15, 0.2) is 41.3 Å². The molecule has 216 valence electrons. The molecule has 0 unspecified atom stereocenters. The van der Waals surface area contributed by atoms with Gasteiger partial charge in [-0.1, -0.05) is 23.7 Å². The van der Waals surface area contributed by atoms with Crippen molar-refractivity contribution in [2.45, 2.75) is 39.4 Å². The number of H-pyrrole nitrogens is 2. The van der Waals surface area contributed by atoms with Crippen LogP contribution in [0.2, 0.25) is 5.02 Å². The molecule has 4 N–H and O–H groups in total. The lowest BCUT2D eigenvalue weighted by Gasteiger charge is -2.35. The fourth-order valence-electron chi connectivity index (χ4n) is 4.60. The Labute approximate surface area is 241 Å². The number of halogens is 1. The largest absolute Gasteiger partial charge is 0.444 e. The molecule has 1 atom stereocenters. The van der Waals surface area contributed by atoms with Crippen LogP contribution in [0.25, 0.3) is 22.6 Å². The molecule has 4 heterocycles. The van der Waals surface area contributed by atoms with E-state index in [2.05, 4.69) is 25.3 Å². The van der Waals surface area contributed by atoms with Gasteiger partial charge in [0.05, 0.1) is 17.5 Å². The Hall–Kier alpha value is -4.16. The summed E-state index contributed by atoms with van der Waals surface area (Å²) >= 11 is 6.06. The highest BCUT2D eigenvalue weighted by atomic mass is 35.5. The predicted molar refractivity (Wildman–Crippen MR) is 157 cm³/mol. The molecular weight excluding hydrogens is 548 g/mol. The number of anilines is 2. The van der Waals surface area contributed by atoms with E-state index in [1.807, 2.05) is 32.6 Å². The van der Waals surface area contributed by atoms with Crippen molar-refractivity contribution in [2.75, 3.05) is 42.9 Å². The third kappa shape index (κ3) is 6.44. The van der Waals surface area contributed by atoms with Crippen LogP contribution < -0.4 is 15.8 Å². The molecule has 5 rings (SSSR count). The van der Waals surface area contributed by atoms with E-state index >= 15 is 0 Å². The number of nitrogens with one attached hydrogen (secondary N) is 3. The predicted octanol–water partition coefficient (Wildman–Crippen LogP) is 3.87. The van der Waals surface area contributed by atoms with Crippen LogP contribution in [0.3, 0.4) is 0 Å². The summed E-state index contributed by atoms with van der Waals surface area (Å²) in [4.78, 5) is 48.9. The smallest absolute Gasteiger partial charge is 0.410 e. The minimum absolute atomic E-state index is 0.148. The average molecular weight is 581 g/mol. The number of amides is 1. The lowest BCUT2D eigenvalue weighted by Crippen LogP contribution is -2.50. The van der Waals surface area contributed by atoms with Crippen LogP contribution in [0.5, 0.6) is 0 Å². The number of piperazine rings is 1. The second-order valence-corrected chi connectivity index (χ2v) is 11.3. The number of nitrogens with zero attached hydrogens (tertiary/aromatic N) is 5. The standard InChI is InChI=1S/C28H33ClN8O4/c1-16-22-24(35-26(32-16)36-10-12-37(13-11-36)27(40)41-28(2,3)4)34-23(33-22)21-19(8-9-30-25(21)39)31-15-20(38)17-6-5-7-18(29)14-17/h5-9,14,20,38H,10-13,15H2,1-4H3,(H2,30,31,39)(H,32,33,34,35)/t20-/m0/s1. The molecule has 1 amide bonds. The van der Waals surface area contributed by atoms with Crippen molar-refractivity contribution in [1.82, 2.24) is 29.8 Å². The van der Waals surface area contributed by atoms with Crippen molar-refractivity contribution in [3.8, 4) is 11.4 Å². The van der Waals surface area contributed by atoms with Gasteiger partial charge >= 0.3 is 6.09 Å². The Morgan fingerprint density at radius 3 is 2.63 bits per heavy atom. The highest BCUT2D eigenvalue weighted by Crippen LogP contribution is 2.27. The number of hydrogen-bond donors (Lipinski definition) is 4. The quantitative estimate of drug-likeness (QED) is 0.266. The number of carbonyl (C=O) groups is 1.